The van der Waals surface area contributed by atoms with Crippen LogP contribution in [0.2, 0.25) is 0 Å². The van der Waals surface area contributed by atoms with Crippen molar-refractivity contribution in [1.82, 2.24) is 14.8 Å². The van der Waals surface area contributed by atoms with Crippen LogP contribution in [0.4, 0.5) is 5.13 Å². The van der Waals surface area contributed by atoms with Crippen molar-refractivity contribution in [2.45, 2.75) is 26.7 Å². The predicted molar refractivity (Wildman–Crippen MR) is 117 cm³/mol. The minimum absolute atomic E-state index is 0.185. The van der Waals surface area contributed by atoms with E-state index in [2.05, 4.69) is 23.6 Å². The SMILES string of the molecule is CCN(CC)c1nc2sc(C(=O)N3CCC(CN4CCOCC4)CC3)cc2s1. The van der Waals surface area contributed by atoms with Crippen molar-refractivity contribution in [2.24, 2.45) is 5.92 Å². The van der Waals surface area contributed by atoms with Gasteiger partial charge in [-0.1, -0.05) is 11.3 Å². The van der Waals surface area contributed by atoms with Crippen molar-refractivity contribution in [3.8, 4) is 0 Å². The molecule has 0 aliphatic carbocycles. The van der Waals surface area contributed by atoms with Gasteiger partial charge in [-0.05, 0) is 38.7 Å². The number of thiazole rings is 1. The zero-order chi connectivity index (χ0) is 19.5. The molecule has 4 rings (SSSR count). The van der Waals surface area contributed by atoms with Crippen molar-refractivity contribution in [1.29, 1.82) is 0 Å². The molecule has 0 unspecified atom stereocenters. The van der Waals surface area contributed by atoms with Crippen LogP contribution in [-0.4, -0.2) is 79.7 Å². The van der Waals surface area contributed by atoms with Crippen molar-refractivity contribution < 1.29 is 9.53 Å². The fourth-order valence-corrected chi connectivity index (χ4v) is 6.39. The minimum atomic E-state index is 0.185. The van der Waals surface area contributed by atoms with Gasteiger partial charge in [0.1, 0.15) is 4.83 Å². The largest absolute Gasteiger partial charge is 0.379 e. The molecule has 4 heterocycles. The van der Waals surface area contributed by atoms with Gasteiger partial charge in [0, 0.05) is 45.8 Å². The summed E-state index contributed by atoms with van der Waals surface area (Å²) < 4.78 is 6.57. The molecule has 28 heavy (non-hydrogen) atoms. The summed E-state index contributed by atoms with van der Waals surface area (Å²) in [6, 6.07) is 2.05. The fourth-order valence-electron chi connectivity index (χ4n) is 4.08. The molecule has 1 amide bonds. The highest BCUT2D eigenvalue weighted by Gasteiger charge is 2.27. The Morgan fingerprint density at radius 2 is 1.89 bits per heavy atom. The van der Waals surface area contributed by atoms with Gasteiger partial charge in [0.15, 0.2) is 5.13 Å². The summed E-state index contributed by atoms with van der Waals surface area (Å²) in [7, 11) is 0. The van der Waals surface area contributed by atoms with Crippen LogP contribution in [0.15, 0.2) is 6.07 Å². The van der Waals surface area contributed by atoms with E-state index in [1.807, 2.05) is 11.0 Å². The number of carbonyl (C=O) groups is 1. The Bertz CT molecular complexity index is 756. The summed E-state index contributed by atoms with van der Waals surface area (Å²) in [6.07, 6.45) is 2.21. The zero-order valence-electron chi connectivity index (χ0n) is 16.9. The molecule has 6 nitrogen and oxygen atoms in total. The molecule has 0 bridgehead atoms. The number of amides is 1. The van der Waals surface area contributed by atoms with E-state index in [9.17, 15) is 4.79 Å². The van der Waals surface area contributed by atoms with Gasteiger partial charge < -0.3 is 14.5 Å². The van der Waals surface area contributed by atoms with Crippen molar-refractivity contribution in [3.63, 3.8) is 0 Å². The molecular formula is C20H30N4O2S2. The second-order valence-electron chi connectivity index (χ2n) is 7.60. The normalized spacial score (nSPS) is 19.4. The Hall–Kier alpha value is -1.22. The third kappa shape index (κ3) is 4.35. The summed E-state index contributed by atoms with van der Waals surface area (Å²) in [5.41, 5.74) is 0. The number of hydrogen-bond donors (Lipinski definition) is 0. The number of ether oxygens (including phenoxy) is 1. The van der Waals surface area contributed by atoms with Crippen LogP contribution in [0.5, 0.6) is 0 Å². The predicted octanol–water partition coefficient (Wildman–Crippen LogP) is 3.39. The van der Waals surface area contributed by atoms with E-state index in [0.29, 0.717) is 5.92 Å². The van der Waals surface area contributed by atoms with E-state index < -0.39 is 0 Å². The van der Waals surface area contributed by atoms with E-state index in [1.165, 1.54) is 0 Å². The van der Waals surface area contributed by atoms with Gasteiger partial charge in [0.2, 0.25) is 0 Å². The van der Waals surface area contributed by atoms with Crippen LogP contribution in [-0.2, 0) is 4.74 Å². The smallest absolute Gasteiger partial charge is 0.264 e. The molecule has 2 aliphatic rings. The topological polar surface area (TPSA) is 48.9 Å². The summed E-state index contributed by atoms with van der Waals surface area (Å²) in [5, 5.41) is 1.06. The summed E-state index contributed by atoms with van der Waals surface area (Å²) in [6.45, 7) is 12.9. The molecule has 8 heteroatoms. The number of rotatable bonds is 6. The average Bonchev–Trinajstić information content (AvgIpc) is 3.29. The number of thiophene rings is 1. The number of morpholine rings is 1. The first kappa shape index (κ1) is 20.1. The Kier molecular flexibility index (Phi) is 6.50. The van der Waals surface area contributed by atoms with E-state index in [1.54, 1.807) is 22.7 Å². The third-order valence-corrected chi connectivity index (χ3v) is 8.05. The molecule has 2 saturated heterocycles. The minimum Gasteiger partial charge on any atom is -0.379 e. The molecule has 2 aliphatic heterocycles. The second-order valence-corrected chi connectivity index (χ2v) is 9.64. The number of aromatic nitrogens is 1. The molecule has 2 fully saturated rings. The summed E-state index contributed by atoms with van der Waals surface area (Å²) >= 11 is 3.24. The van der Waals surface area contributed by atoms with Crippen molar-refractivity contribution >= 4 is 43.2 Å². The highest BCUT2D eigenvalue weighted by molar-refractivity contribution is 7.29. The first-order chi connectivity index (χ1) is 13.7. The van der Waals surface area contributed by atoms with Gasteiger partial charge in [-0.2, -0.15) is 0 Å². The number of fused-ring (bicyclic) bond motifs is 1. The summed E-state index contributed by atoms with van der Waals surface area (Å²) in [4.78, 5) is 26.4. The molecule has 0 spiro atoms. The fraction of sp³-hybridized carbons (Fsp3) is 0.700. The number of nitrogens with zero attached hydrogens (tertiary/aromatic N) is 4. The lowest BCUT2D eigenvalue weighted by Gasteiger charge is -2.35. The Balaban J connectivity index is 1.34. The van der Waals surface area contributed by atoms with Gasteiger partial charge >= 0.3 is 0 Å². The van der Waals surface area contributed by atoms with Gasteiger partial charge in [-0.15, -0.1) is 11.3 Å². The van der Waals surface area contributed by atoms with Gasteiger partial charge in [0.25, 0.3) is 5.91 Å². The van der Waals surface area contributed by atoms with Crippen LogP contribution < -0.4 is 4.90 Å². The lowest BCUT2D eigenvalue weighted by atomic mass is 9.96. The maximum absolute atomic E-state index is 13.0. The van der Waals surface area contributed by atoms with Crippen molar-refractivity contribution in [2.75, 3.05) is 63.9 Å². The third-order valence-electron chi connectivity index (χ3n) is 5.84. The lowest BCUT2D eigenvalue weighted by Crippen LogP contribution is -2.44. The monoisotopic (exact) mass is 422 g/mol. The molecule has 0 radical (unpaired) electrons. The highest BCUT2D eigenvalue weighted by Crippen LogP contribution is 2.35. The quantitative estimate of drug-likeness (QED) is 0.714. The van der Waals surface area contributed by atoms with E-state index in [4.69, 9.17) is 9.72 Å². The first-order valence-corrected chi connectivity index (χ1v) is 12.1. The number of anilines is 1. The Morgan fingerprint density at radius 3 is 2.54 bits per heavy atom. The van der Waals surface area contributed by atoms with Gasteiger partial charge in [-0.3, -0.25) is 9.69 Å². The lowest BCUT2D eigenvalue weighted by molar-refractivity contribution is 0.0243. The average molecular weight is 423 g/mol. The van der Waals surface area contributed by atoms with Crippen molar-refractivity contribution in [3.05, 3.63) is 10.9 Å². The van der Waals surface area contributed by atoms with Crippen LogP contribution in [0, 0.1) is 5.92 Å². The van der Waals surface area contributed by atoms with Crippen LogP contribution in [0.1, 0.15) is 36.4 Å². The number of likely N-dealkylation sites (tertiary alicyclic amines) is 1. The molecule has 0 N–H and O–H groups in total. The van der Waals surface area contributed by atoms with Crippen LogP contribution in [0.25, 0.3) is 9.53 Å². The van der Waals surface area contributed by atoms with E-state index in [-0.39, 0.29) is 5.91 Å². The molecular weight excluding hydrogens is 392 g/mol. The highest BCUT2D eigenvalue weighted by atomic mass is 32.1. The molecule has 0 saturated carbocycles. The first-order valence-electron chi connectivity index (χ1n) is 10.4. The van der Waals surface area contributed by atoms with E-state index in [0.717, 1.165) is 91.4 Å². The van der Waals surface area contributed by atoms with Crippen LogP contribution >= 0.6 is 22.7 Å². The van der Waals surface area contributed by atoms with E-state index >= 15 is 0 Å². The Labute approximate surface area is 175 Å². The van der Waals surface area contributed by atoms with Gasteiger partial charge in [0.05, 0.1) is 22.8 Å². The zero-order valence-corrected chi connectivity index (χ0v) is 18.5. The summed E-state index contributed by atoms with van der Waals surface area (Å²) in [5.74, 6) is 0.886. The standard InChI is InChI=1S/C20H30N4O2S2/c1-3-23(4-2)20-21-18-16(28-20)13-17(27-18)19(25)24-7-5-15(6-8-24)14-22-9-11-26-12-10-22/h13,15H,3-12,14H2,1-2H3. The maximum Gasteiger partial charge on any atom is 0.264 e. The van der Waals surface area contributed by atoms with Crippen LogP contribution in [0.3, 0.4) is 0 Å². The second kappa shape index (κ2) is 9.07. The number of carbonyl (C=O) groups excluding carboxylic acids is 1. The van der Waals surface area contributed by atoms with Gasteiger partial charge in [-0.25, -0.2) is 4.98 Å². The number of piperidine rings is 1. The number of hydrogen-bond acceptors (Lipinski definition) is 7. The molecule has 0 aromatic carbocycles. The maximum atomic E-state index is 13.0. The molecule has 154 valence electrons. The Morgan fingerprint density at radius 1 is 1.18 bits per heavy atom. The molecule has 2 aromatic rings. The molecule has 2 aromatic heterocycles. The molecule has 0 atom stereocenters.